The minimum Gasteiger partial charge on any atom is -0.384 e. The minimum atomic E-state index is -1.24. The van der Waals surface area contributed by atoms with E-state index >= 15 is 0 Å². The number of rotatable bonds is 1. The van der Waals surface area contributed by atoms with Crippen LogP contribution in [0.4, 0.5) is 0 Å². The maximum atomic E-state index is 11.7. The number of benzene rings is 3. The Bertz CT molecular complexity index is 776. The first kappa shape index (κ1) is 13.3. The molecule has 22 heavy (non-hydrogen) atoms. The van der Waals surface area contributed by atoms with Gasteiger partial charge in [-0.3, -0.25) is 0 Å². The SMILES string of the molecule is OC1c2ccccc2C(O)(c2ccccc2)c2ccccc21. The molecular weight excluding hydrogens is 272 g/mol. The van der Waals surface area contributed by atoms with Crippen LogP contribution in [-0.4, -0.2) is 10.2 Å². The van der Waals surface area contributed by atoms with Crippen LogP contribution >= 0.6 is 0 Å². The molecule has 2 heteroatoms. The monoisotopic (exact) mass is 288 g/mol. The number of fused-ring (bicyclic) bond motifs is 2. The number of aliphatic hydroxyl groups excluding tert-OH is 1. The van der Waals surface area contributed by atoms with Crippen molar-refractivity contribution in [3.8, 4) is 0 Å². The highest BCUT2D eigenvalue weighted by atomic mass is 16.3. The van der Waals surface area contributed by atoms with Crippen molar-refractivity contribution < 1.29 is 10.2 Å². The van der Waals surface area contributed by atoms with E-state index in [4.69, 9.17) is 0 Å². The lowest BCUT2D eigenvalue weighted by Gasteiger charge is -2.39. The molecule has 0 aliphatic heterocycles. The average molecular weight is 288 g/mol. The summed E-state index contributed by atoms with van der Waals surface area (Å²) in [7, 11) is 0. The molecule has 0 unspecified atom stereocenters. The Morgan fingerprint density at radius 2 is 1.09 bits per heavy atom. The molecule has 2 nitrogen and oxygen atoms in total. The van der Waals surface area contributed by atoms with Crippen LogP contribution in [0.15, 0.2) is 78.9 Å². The molecule has 0 bridgehead atoms. The first-order valence-electron chi connectivity index (χ1n) is 7.37. The molecule has 0 saturated carbocycles. The molecular formula is C20H16O2. The van der Waals surface area contributed by atoms with Crippen LogP contribution in [0.3, 0.4) is 0 Å². The van der Waals surface area contributed by atoms with Gasteiger partial charge in [0.15, 0.2) is 0 Å². The van der Waals surface area contributed by atoms with Crippen LogP contribution in [0.1, 0.15) is 33.9 Å². The van der Waals surface area contributed by atoms with Gasteiger partial charge >= 0.3 is 0 Å². The molecule has 1 aliphatic rings. The Balaban J connectivity index is 2.09. The van der Waals surface area contributed by atoms with Crippen molar-refractivity contribution in [2.75, 3.05) is 0 Å². The number of aliphatic hydroxyl groups is 2. The molecule has 0 heterocycles. The summed E-state index contributed by atoms with van der Waals surface area (Å²) in [4.78, 5) is 0. The summed E-state index contributed by atoms with van der Waals surface area (Å²) < 4.78 is 0. The fourth-order valence-corrected chi connectivity index (χ4v) is 3.43. The zero-order chi connectivity index (χ0) is 15.2. The first-order chi connectivity index (χ1) is 10.7. The summed E-state index contributed by atoms with van der Waals surface area (Å²) in [6, 6.07) is 24.7. The highest BCUT2D eigenvalue weighted by Gasteiger charge is 2.42. The van der Waals surface area contributed by atoms with Crippen molar-refractivity contribution in [3.63, 3.8) is 0 Å². The molecule has 0 fully saturated rings. The van der Waals surface area contributed by atoms with Gasteiger partial charge in [-0.05, 0) is 27.8 Å². The molecule has 0 spiro atoms. The van der Waals surface area contributed by atoms with E-state index in [2.05, 4.69) is 0 Å². The van der Waals surface area contributed by atoms with Crippen molar-refractivity contribution in [1.82, 2.24) is 0 Å². The number of hydrogen-bond donors (Lipinski definition) is 2. The summed E-state index contributed by atoms with van der Waals surface area (Å²) in [6.45, 7) is 0. The summed E-state index contributed by atoms with van der Waals surface area (Å²) in [5.74, 6) is 0. The van der Waals surface area contributed by atoms with Crippen molar-refractivity contribution in [2.45, 2.75) is 11.7 Å². The summed E-state index contributed by atoms with van der Waals surface area (Å²) in [6.07, 6.45) is -0.712. The van der Waals surface area contributed by atoms with E-state index in [0.29, 0.717) is 0 Å². The van der Waals surface area contributed by atoms with E-state index in [1.54, 1.807) is 0 Å². The Kier molecular flexibility index (Phi) is 2.89. The predicted molar refractivity (Wildman–Crippen MR) is 85.5 cm³/mol. The minimum absolute atomic E-state index is 0.712. The van der Waals surface area contributed by atoms with Crippen LogP contribution in [0, 0.1) is 0 Å². The maximum Gasteiger partial charge on any atom is 0.141 e. The first-order valence-corrected chi connectivity index (χ1v) is 7.37. The second-order valence-corrected chi connectivity index (χ2v) is 5.65. The lowest BCUT2D eigenvalue weighted by Crippen LogP contribution is -2.35. The Hall–Kier alpha value is -2.42. The van der Waals surface area contributed by atoms with Crippen LogP contribution in [0.25, 0.3) is 0 Å². The van der Waals surface area contributed by atoms with Crippen LogP contribution in [0.2, 0.25) is 0 Å². The third-order valence-electron chi connectivity index (χ3n) is 4.48. The maximum absolute atomic E-state index is 11.7. The van der Waals surface area contributed by atoms with Gasteiger partial charge in [0.05, 0.1) is 0 Å². The van der Waals surface area contributed by atoms with Crippen molar-refractivity contribution in [2.24, 2.45) is 0 Å². The molecule has 0 radical (unpaired) electrons. The van der Waals surface area contributed by atoms with Crippen molar-refractivity contribution >= 4 is 0 Å². The molecule has 0 aromatic heterocycles. The highest BCUT2D eigenvalue weighted by Crippen LogP contribution is 2.47. The molecule has 3 aromatic carbocycles. The zero-order valence-corrected chi connectivity index (χ0v) is 12.0. The summed E-state index contributed by atoms with van der Waals surface area (Å²) in [5.41, 5.74) is 2.56. The van der Waals surface area contributed by atoms with E-state index in [1.807, 2.05) is 78.9 Å². The highest BCUT2D eigenvalue weighted by molar-refractivity contribution is 5.58. The van der Waals surface area contributed by atoms with Gasteiger partial charge in [0.2, 0.25) is 0 Å². The molecule has 0 atom stereocenters. The molecule has 4 rings (SSSR count). The standard InChI is InChI=1S/C20H16O2/c21-19-15-10-4-6-12-17(15)20(22,14-8-2-1-3-9-14)18-13-7-5-11-16(18)19/h1-13,19,21-22H. The quantitative estimate of drug-likeness (QED) is 0.721. The Morgan fingerprint density at radius 1 is 0.636 bits per heavy atom. The van der Waals surface area contributed by atoms with Gasteiger partial charge in [-0.25, -0.2) is 0 Å². The second kappa shape index (κ2) is 4.80. The largest absolute Gasteiger partial charge is 0.384 e. The van der Waals surface area contributed by atoms with E-state index in [1.165, 1.54) is 0 Å². The van der Waals surface area contributed by atoms with Crippen LogP contribution in [0.5, 0.6) is 0 Å². The number of hydrogen-bond acceptors (Lipinski definition) is 2. The second-order valence-electron chi connectivity index (χ2n) is 5.65. The van der Waals surface area contributed by atoms with Gasteiger partial charge in [0, 0.05) is 0 Å². The fourth-order valence-electron chi connectivity index (χ4n) is 3.43. The van der Waals surface area contributed by atoms with Gasteiger partial charge in [-0.1, -0.05) is 78.9 Å². The molecule has 0 amide bonds. The third kappa shape index (κ3) is 1.68. The van der Waals surface area contributed by atoms with E-state index in [0.717, 1.165) is 27.8 Å². The van der Waals surface area contributed by atoms with Gasteiger partial charge in [0.25, 0.3) is 0 Å². The third-order valence-corrected chi connectivity index (χ3v) is 4.48. The smallest absolute Gasteiger partial charge is 0.141 e. The van der Waals surface area contributed by atoms with Gasteiger partial charge in [0.1, 0.15) is 11.7 Å². The van der Waals surface area contributed by atoms with E-state index in [9.17, 15) is 10.2 Å². The topological polar surface area (TPSA) is 40.5 Å². The fraction of sp³-hybridized carbons (Fsp3) is 0.100. The molecule has 108 valence electrons. The van der Waals surface area contributed by atoms with Gasteiger partial charge in [-0.2, -0.15) is 0 Å². The molecule has 1 aliphatic carbocycles. The summed E-state index contributed by atoms with van der Waals surface area (Å²) in [5, 5.41) is 22.3. The van der Waals surface area contributed by atoms with Crippen LogP contribution < -0.4 is 0 Å². The average Bonchev–Trinajstić information content (AvgIpc) is 2.60. The zero-order valence-electron chi connectivity index (χ0n) is 12.0. The van der Waals surface area contributed by atoms with Gasteiger partial charge in [-0.15, -0.1) is 0 Å². The van der Waals surface area contributed by atoms with E-state index in [-0.39, 0.29) is 0 Å². The normalized spacial score (nSPS) is 22.7. The summed E-state index contributed by atoms with van der Waals surface area (Å²) >= 11 is 0. The van der Waals surface area contributed by atoms with Crippen molar-refractivity contribution in [1.29, 1.82) is 0 Å². The molecule has 3 aromatic rings. The Labute approximate surface area is 129 Å². The van der Waals surface area contributed by atoms with Crippen molar-refractivity contribution in [3.05, 3.63) is 107 Å². The van der Waals surface area contributed by atoms with E-state index < -0.39 is 11.7 Å². The Morgan fingerprint density at radius 3 is 1.64 bits per heavy atom. The van der Waals surface area contributed by atoms with Crippen LogP contribution in [-0.2, 0) is 5.60 Å². The van der Waals surface area contributed by atoms with Gasteiger partial charge < -0.3 is 10.2 Å². The molecule has 0 saturated heterocycles. The lowest BCUT2D eigenvalue weighted by atomic mass is 9.70. The molecule has 2 N–H and O–H groups in total. The lowest BCUT2D eigenvalue weighted by molar-refractivity contribution is 0.105. The predicted octanol–water partition coefficient (Wildman–Crippen LogP) is 3.37.